The van der Waals surface area contributed by atoms with E-state index in [-0.39, 0.29) is 12.2 Å². The normalized spacial score (nSPS) is 11.6. The van der Waals surface area contributed by atoms with Crippen LogP contribution < -0.4 is 0 Å². The highest BCUT2D eigenvalue weighted by Crippen LogP contribution is 2.33. The molecule has 3 nitrogen and oxygen atoms in total. The van der Waals surface area contributed by atoms with Crippen LogP contribution in [0.25, 0.3) is 11.3 Å². The molecule has 0 saturated heterocycles. The average Bonchev–Trinajstić information content (AvgIpc) is 2.98. The van der Waals surface area contributed by atoms with Gasteiger partial charge in [0.05, 0.1) is 5.69 Å². The first kappa shape index (κ1) is 18.5. The third kappa shape index (κ3) is 5.10. The molecule has 0 aliphatic rings. The van der Waals surface area contributed by atoms with Gasteiger partial charge < -0.3 is 5.21 Å². The number of hydroxylamine groups is 1. The molecule has 0 aliphatic carbocycles. The number of aromatic nitrogens is 1. The number of thioether (sulfide) groups is 1. The fourth-order valence-corrected chi connectivity index (χ4v) is 3.93. The van der Waals surface area contributed by atoms with Crippen molar-refractivity contribution >= 4 is 29.3 Å². The van der Waals surface area contributed by atoms with Crippen LogP contribution in [0.4, 0.5) is 13.2 Å². The van der Waals surface area contributed by atoms with Gasteiger partial charge in [-0.3, -0.25) is 0 Å². The van der Waals surface area contributed by atoms with E-state index in [9.17, 15) is 18.4 Å². The van der Waals surface area contributed by atoms with Crippen LogP contribution in [0.2, 0.25) is 0 Å². The zero-order valence-corrected chi connectivity index (χ0v) is 14.5. The van der Waals surface area contributed by atoms with E-state index < -0.39 is 11.9 Å². The fraction of sp³-hybridized carbons (Fsp3) is 0.250. The highest BCUT2D eigenvalue weighted by Gasteiger charge is 2.15. The zero-order chi connectivity index (χ0) is 17.5. The lowest BCUT2D eigenvalue weighted by Crippen LogP contribution is -2.03. The lowest BCUT2D eigenvalue weighted by molar-refractivity contribution is -0.447. The van der Waals surface area contributed by atoms with Gasteiger partial charge in [-0.2, -0.15) is 8.78 Å². The lowest BCUT2D eigenvalue weighted by Gasteiger charge is -2.00. The van der Waals surface area contributed by atoms with Crippen molar-refractivity contribution in [2.45, 2.75) is 17.7 Å². The van der Waals surface area contributed by atoms with Gasteiger partial charge in [0.1, 0.15) is 4.88 Å². The summed E-state index contributed by atoms with van der Waals surface area (Å²) in [6.07, 6.45) is -1.17. The highest BCUT2D eigenvalue weighted by molar-refractivity contribution is 8.01. The van der Waals surface area contributed by atoms with Crippen molar-refractivity contribution in [2.24, 2.45) is 0 Å². The minimum atomic E-state index is -2.28. The van der Waals surface area contributed by atoms with Crippen LogP contribution in [-0.2, 0) is 0 Å². The summed E-state index contributed by atoms with van der Waals surface area (Å²) in [5.41, 5.74) is 1.52. The maximum absolute atomic E-state index is 12.8. The Morgan fingerprint density at radius 2 is 2.00 bits per heavy atom. The fourth-order valence-electron chi connectivity index (χ4n) is 1.81. The topological polar surface area (TPSA) is 39.0 Å². The van der Waals surface area contributed by atoms with Gasteiger partial charge in [-0.05, 0) is 6.92 Å². The van der Waals surface area contributed by atoms with Gasteiger partial charge in [0.25, 0.3) is 0 Å². The number of nitrogens with zero attached hydrogens (tertiary/aromatic N) is 2. The predicted molar refractivity (Wildman–Crippen MR) is 92.6 cm³/mol. The molecule has 8 heteroatoms. The number of hydrogen-bond donors (Lipinski definition) is 0. The van der Waals surface area contributed by atoms with Crippen LogP contribution in [0.15, 0.2) is 46.6 Å². The van der Waals surface area contributed by atoms with Crippen LogP contribution in [0.3, 0.4) is 0 Å². The summed E-state index contributed by atoms with van der Waals surface area (Å²) in [7, 11) is 0. The van der Waals surface area contributed by atoms with Gasteiger partial charge in [-0.1, -0.05) is 42.1 Å². The molecule has 0 unspecified atom stereocenters. The molecule has 0 saturated carbocycles. The molecule has 0 spiro atoms. The van der Waals surface area contributed by atoms with Crippen molar-refractivity contribution in [1.82, 2.24) is 4.98 Å². The zero-order valence-electron chi connectivity index (χ0n) is 12.8. The van der Waals surface area contributed by atoms with Crippen molar-refractivity contribution in [2.75, 3.05) is 12.3 Å². The Balaban J connectivity index is 2.23. The van der Waals surface area contributed by atoms with E-state index in [2.05, 4.69) is 4.98 Å². The summed E-state index contributed by atoms with van der Waals surface area (Å²) in [5.74, 6) is -1.25. The van der Waals surface area contributed by atoms with Crippen molar-refractivity contribution in [1.29, 1.82) is 0 Å². The first-order chi connectivity index (χ1) is 11.5. The number of allylic oxidation sites excluding steroid dienone is 1. The molecule has 1 aromatic heterocycles. The van der Waals surface area contributed by atoms with E-state index in [1.54, 1.807) is 6.92 Å². The smallest absolute Gasteiger partial charge is 0.301 e. The van der Waals surface area contributed by atoms with E-state index in [0.717, 1.165) is 10.3 Å². The van der Waals surface area contributed by atoms with Crippen LogP contribution >= 0.6 is 23.1 Å². The molecule has 1 aromatic carbocycles. The van der Waals surface area contributed by atoms with Crippen molar-refractivity contribution in [3.05, 3.63) is 52.3 Å². The molecule has 0 bridgehead atoms. The summed E-state index contributed by atoms with van der Waals surface area (Å²) in [5, 5.41) is 11.6. The van der Waals surface area contributed by atoms with Gasteiger partial charge in [-0.25, -0.2) is 14.1 Å². The summed E-state index contributed by atoms with van der Waals surface area (Å²) >= 11 is 2.48. The lowest BCUT2D eigenvalue weighted by atomic mass is 10.1. The maximum atomic E-state index is 12.8. The van der Waals surface area contributed by atoms with E-state index in [1.807, 2.05) is 30.3 Å². The van der Waals surface area contributed by atoms with Crippen LogP contribution in [0, 0.1) is 5.21 Å². The summed E-state index contributed by atoms with van der Waals surface area (Å²) in [6.45, 7) is 2.05. The van der Waals surface area contributed by atoms with Gasteiger partial charge in [0.15, 0.2) is 22.9 Å². The molecule has 0 N–H and O–H groups in total. The second-order valence-electron chi connectivity index (χ2n) is 4.68. The van der Waals surface area contributed by atoms with E-state index >= 15 is 0 Å². The molecule has 2 aromatic rings. The average molecular weight is 372 g/mol. The molecular formula is C16H15F3N2OS2. The maximum Gasteiger partial charge on any atom is 0.301 e. The van der Waals surface area contributed by atoms with E-state index in [1.165, 1.54) is 29.3 Å². The van der Waals surface area contributed by atoms with Crippen LogP contribution in [-0.4, -0.2) is 28.2 Å². The van der Waals surface area contributed by atoms with Crippen molar-refractivity contribution < 1.29 is 17.9 Å². The number of halogens is 3. The Labute approximate surface area is 146 Å². The minimum absolute atomic E-state index is 0.152. The largest absolute Gasteiger partial charge is 0.624 e. The highest BCUT2D eigenvalue weighted by atomic mass is 32.2. The quantitative estimate of drug-likeness (QED) is 0.217. The Bertz CT molecular complexity index is 741. The second-order valence-corrected chi connectivity index (χ2v) is 7.06. The second kappa shape index (κ2) is 8.89. The van der Waals surface area contributed by atoms with Crippen LogP contribution in [0.1, 0.15) is 18.2 Å². The van der Waals surface area contributed by atoms with E-state index in [0.29, 0.717) is 21.5 Å². The molecule has 1 heterocycles. The third-order valence-corrected chi connectivity index (χ3v) is 5.14. The first-order valence-corrected chi connectivity index (χ1v) is 8.98. The Morgan fingerprint density at radius 1 is 1.29 bits per heavy atom. The Hall–Kier alpha value is -1.80. The SMILES string of the molecule is CC/[N+]([O-])=C/c1sc(SCCC(F)=C(F)F)nc1-c1ccccc1. The number of rotatable bonds is 7. The molecule has 24 heavy (non-hydrogen) atoms. The van der Waals surface area contributed by atoms with Crippen LogP contribution in [0.5, 0.6) is 0 Å². The molecule has 2 rings (SSSR count). The molecule has 0 amide bonds. The first-order valence-electron chi connectivity index (χ1n) is 7.18. The Morgan fingerprint density at radius 3 is 2.62 bits per heavy atom. The van der Waals surface area contributed by atoms with Gasteiger partial charge in [-0.15, -0.1) is 11.3 Å². The molecule has 0 fully saturated rings. The standard InChI is InChI=1S/C16H15F3N2OS2/c1-2-21(22)10-13-14(11-6-4-3-5-7-11)20-16(24-13)23-9-8-12(17)15(18)19/h3-7,10H,2,8-9H2,1H3/b21-10-. The summed E-state index contributed by atoms with van der Waals surface area (Å²) < 4.78 is 38.4. The van der Waals surface area contributed by atoms with Crippen molar-refractivity contribution in [3.8, 4) is 11.3 Å². The predicted octanol–water partition coefficient (Wildman–Crippen LogP) is 5.32. The van der Waals surface area contributed by atoms with Gasteiger partial charge >= 0.3 is 6.08 Å². The molecule has 0 radical (unpaired) electrons. The van der Waals surface area contributed by atoms with Gasteiger partial charge in [0.2, 0.25) is 0 Å². The minimum Gasteiger partial charge on any atom is -0.624 e. The third-order valence-electron chi connectivity index (χ3n) is 3.01. The monoisotopic (exact) mass is 372 g/mol. The molecule has 128 valence electrons. The number of thiazole rings is 1. The Kier molecular flexibility index (Phi) is 6.86. The van der Waals surface area contributed by atoms with Crippen molar-refractivity contribution in [3.63, 3.8) is 0 Å². The molecule has 0 atom stereocenters. The summed E-state index contributed by atoms with van der Waals surface area (Å²) in [4.78, 5) is 5.16. The molecular weight excluding hydrogens is 357 g/mol. The van der Waals surface area contributed by atoms with E-state index in [4.69, 9.17) is 0 Å². The van der Waals surface area contributed by atoms with Gasteiger partial charge in [0, 0.05) is 17.7 Å². The number of hydrogen-bond acceptors (Lipinski definition) is 4. The number of benzene rings is 1. The summed E-state index contributed by atoms with van der Waals surface area (Å²) in [6, 6.07) is 9.36. The molecule has 0 aliphatic heterocycles.